The number of carbonyl (C=O) groups excluding carboxylic acids is 2. The molecular formula is C20H23ClN2O3. The molecule has 5 nitrogen and oxygen atoms in total. The Morgan fingerprint density at radius 3 is 2.42 bits per heavy atom. The lowest BCUT2D eigenvalue weighted by Crippen LogP contribution is -2.42. The van der Waals surface area contributed by atoms with Gasteiger partial charge in [-0.15, -0.1) is 0 Å². The third-order valence-electron chi connectivity index (χ3n) is 3.64. The molecule has 2 aromatic carbocycles. The normalized spacial score (nSPS) is 10.9. The molecule has 0 fully saturated rings. The Morgan fingerprint density at radius 1 is 1.08 bits per heavy atom. The maximum Gasteiger partial charge on any atom is 0.268 e. The second-order valence-corrected chi connectivity index (χ2v) is 6.78. The number of benzene rings is 2. The quantitative estimate of drug-likeness (QED) is 0.726. The summed E-state index contributed by atoms with van der Waals surface area (Å²) in [4.78, 5) is 24.4. The van der Waals surface area contributed by atoms with Crippen molar-refractivity contribution in [2.75, 3.05) is 10.6 Å². The van der Waals surface area contributed by atoms with E-state index in [4.69, 9.17) is 16.3 Å². The first-order chi connectivity index (χ1) is 12.3. The average Bonchev–Trinajstić information content (AvgIpc) is 2.58. The smallest absolute Gasteiger partial charge is 0.268 e. The van der Waals surface area contributed by atoms with Gasteiger partial charge in [0.25, 0.3) is 5.91 Å². The van der Waals surface area contributed by atoms with Gasteiger partial charge in [0.05, 0.1) is 10.7 Å². The molecule has 0 aliphatic heterocycles. The van der Waals surface area contributed by atoms with Gasteiger partial charge in [0.1, 0.15) is 5.75 Å². The van der Waals surface area contributed by atoms with Crippen molar-refractivity contribution >= 4 is 34.8 Å². The molecule has 0 spiro atoms. The summed E-state index contributed by atoms with van der Waals surface area (Å²) < 4.78 is 5.78. The molecule has 2 aromatic rings. The van der Waals surface area contributed by atoms with Crippen molar-refractivity contribution in [3.05, 3.63) is 53.6 Å². The number of ether oxygens (including phenoxy) is 1. The molecule has 0 radical (unpaired) electrons. The lowest BCUT2D eigenvalue weighted by molar-refractivity contribution is -0.128. The van der Waals surface area contributed by atoms with E-state index in [-0.39, 0.29) is 11.8 Å². The third-order valence-corrected chi connectivity index (χ3v) is 3.97. The van der Waals surface area contributed by atoms with E-state index < -0.39 is 5.60 Å². The minimum Gasteiger partial charge on any atom is -0.478 e. The van der Waals surface area contributed by atoms with E-state index in [1.165, 1.54) is 0 Å². The van der Waals surface area contributed by atoms with Crippen molar-refractivity contribution in [2.24, 2.45) is 0 Å². The molecule has 0 saturated carbocycles. The zero-order valence-corrected chi connectivity index (χ0v) is 15.9. The molecule has 2 amide bonds. The van der Waals surface area contributed by atoms with Gasteiger partial charge in [-0.3, -0.25) is 9.59 Å². The predicted octanol–water partition coefficient (Wildman–Crippen LogP) is 4.87. The Hall–Kier alpha value is -2.53. The molecule has 0 aliphatic rings. The number of nitrogens with one attached hydrogen (secondary N) is 2. The summed E-state index contributed by atoms with van der Waals surface area (Å²) in [5.41, 5.74) is -0.118. The number of carbonyl (C=O) groups is 2. The summed E-state index contributed by atoms with van der Waals surface area (Å²) in [5, 5.41) is 5.93. The van der Waals surface area contributed by atoms with Gasteiger partial charge in [0, 0.05) is 12.1 Å². The van der Waals surface area contributed by atoms with Crippen LogP contribution in [-0.4, -0.2) is 17.4 Å². The minimum atomic E-state index is -1.11. The van der Waals surface area contributed by atoms with Gasteiger partial charge in [-0.1, -0.05) is 36.7 Å². The van der Waals surface area contributed by atoms with Crippen molar-refractivity contribution in [3.63, 3.8) is 0 Å². The second kappa shape index (κ2) is 8.72. The van der Waals surface area contributed by atoms with Crippen molar-refractivity contribution in [1.29, 1.82) is 0 Å². The van der Waals surface area contributed by atoms with Gasteiger partial charge >= 0.3 is 0 Å². The van der Waals surface area contributed by atoms with Gasteiger partial charge < -0.3 is 15.4 Å². The first kappa shape index (κ1) is 19.8. The highest BCUT2D eigenvalue weighted by atomic mass is 35.5. The van der Waals surface area contributed by atoms with Gasteiger partial charge in [0.2, 0.25) is 5.91 Å². The van der Waals surface area contributed by atoms with E-state index in [0.717, 1.165) is 6.42 Å². The predicted molar refractivity (Wildman–Crippen MR) is 105 cm³/mol. The third kappa shape index (κ3) is 5.49. The van der Waals surface area contributed by atoms with Crippen LogP contribution in [0.2, 0.25) is 5.02 Å². The Labute approximate surface area is 158 Å². The highest BCUT2D eigenvalue weighted by Gasteiger charge is 2.30. The van der Waals surface area contributed by atoms with Crippen molar-refractivity contribution < 1.29 is 14.3 Å². The lowest BCUT2D eigenvalue weighted by atomic mass is 10.1. The molecule has 0 atom stereocenters. The topological polar surface area (TPSA) is 67.4 Å². The SMILES string of the molecule is CCCC(=O)Nc1ccc(Cl)c(NC(=O)C(C)(C)Oc2ccccc2)c1. The lowest BCUT2D eigenvalue weighted by Gasteiger charge is -2.25. The number of hydrogen-bond acceptors (Lipinski definition) is 3. The van der Waals surface area contributed by atoms with Crippen LogP contribution in [0.25, 0.3) is 0 Å². The maximum absolute atomic E-state index is 12.6. The second-order valence-electron chi connectivity index (χ2n) is 6.37. The minimum absolute atomic E-state index is 0.0835. The molecule has 2 N–H and O–H groups in total. The first-order valence-corrected chi connectivity index (χ1v) is 8.84. The molecule has 0 aromatic heterocycles. The molecule has 26 heavy (non-hydrogen) atoms. The van der Waals surface area contributed by atoms with Gasteiger partial charge in [0.15, 0.2) is 5.60 Å². The Bertz CT molecular complexity index is 776. The van der Waals surface area contributed by atoms with Crippen LogP contribution < -0.4 is 15.4 Å². The van der Waals surface area contributed by atoms with Gasteiger partial charge in [-0.25, -0.2) is 0 Å². The van der Waals surface area contributed by atoms with E-state index in [0.29, 0.717) is 28.6 Å². The first-order valence-electron chi connectivity index (χ1n) is 8.46. The summed E-state index contributed by atoms with van der Waals surface area (Å²) in [6, 6.07) is 14.1. The summed E-state index contributed by atoms with van der Waals surface area (Å²) in [6.07, 6.45) is 1.19. The summed E-state index contributed by atoms with van der Waals surface area (Å²) >= 11 is 6.18. The standard InChI is InChI=1S/C20H23ClN2O3/c1-4-8-18(24)22-14-11-12-16(21)17(13-14)23-19(25)20(2,3)26-15-9-6-5-7-10-15/h5-7,9-13H,4,8H2,1-3H3,(H,22,24)(H,23,25). The summed E-state index contributed by atoms with van der Waals surface area (Å²) in [7, 11) is 0. The van der Waals surface area contributed by atoms with Crippen molar-refractivity contribution in [2.45, 2.75) is 39.2 Å². The number of rotatable bonds is 7. The van der Waals surface area contributed by atoms with Crippen LogP contribution in [0.5, 0.6) is 5.75 Å². The number of halogens is 1. The fraction of sp³-hybridized carbons (Fsp3) is 0.300. The molecular weight excluding hydrogens is 352 g/mol. The highest BCUT2D eigenvalue weighted by molar-refractivity contribution is 6.34. The fourth-order valence-corrected chi connectivity index (χ4v) is 2.42. The monoisotopic (exact) mass is 374 g/mol. The van der Waals surface area contributed by atoms with Crippen molar-refractivity contribution in [3.8, 4) is 5.75 Å². The molecule has 0 unspecified atom stereocenters. The number of anilines is 2. The maximum atomic E-state index is 12.6. The Morgan fingerprint density at radius 2 is 1.77 bits per heavy atom. The molecule has 6 heteroatoms. The van der Waals surface area contributed by atoms with Crippen LogP contribution in [0.15, 0.2) is 48.5 Å². The van der Waals surface area contributed by atoms with E-state index >= 15 is 0 Å². The van der Waals surface area contributed by atoms with Crippen LogP contribution in [0.1, 0.15) is 33.6 Å². The number of amides is 2. The zero-order chi connectivity index (χ0) is 19.2. The van der Waals surface area contributed by atoms with E-state index in [1.807, 2.05) is 25.1 Å². The molecule has 0 heterocycles. The number of hydrogen-bond donors (Lipinski definition) is 2. The van der Waals surface area contributed by atoms with Crippen LogP contribution in [-0.2, 0) is 9.59 Å². The Balaban J connectivity index is 2.10. The largest absolute Gasteiger partial charge is 0.478 e. The zero-order valence-electron chi connectivity index (χ0n) is 15.1. The molecule has 0 saturated heterocycles. The van der Waals surface area contributed by atoms with Crippen LogP contribution in [0.4, 0.5) is 11.4 Å². The van der Waals surface area contributed by atoms with Crippen LogP contribution >= 0.6 is 11.6 Å². The molecule has 0 aliphatic carbocycles. The van der Waals surface area contributed by atoms with Crippen LogP contribution in [0, 0.1) is 0 Å². The average molecular weight is 375 g/mol. The molecule has 138 valence electrons. The van der Waals surface area contributed by atoms with E-state index in [2.05, 4.69) is 10.6 Å². The highest BCUT2D eigenvalue weighted by Crippen LogP contribution is 2.27. The Kier molecular flexibility index (Phi) is 6.64. The van der Waals surface area contributed by atoms with Crippen molar-refractivity contribution in [1.82, 2.24) is 0 Å². The van der Waals surface area contributed by atoms with E-state index in [9.17, 15) is 9.59 Å². The molecule has 0 bridgehead atoms. The summed E-state index contributed by atoms with van der Waals surface area (Å²) in [6.45, 7) is 5.29. The number of para-hydroxylation sites is 1. The molecule has 2 rings (SSSR count). The van der Waals surface area contributed by atoms with E-state index in [1.54, 1.807) is 44.2 Å². The van der Waals surface area contributed by atoms with Gasteiger partial charge in [-0.05, 0) is 50.6 Å². The summed E-state index contributed by atoms with van der Waals surface area (Å²) in [5.74, 6) is 0.166. The van der Waals surface area contributed by atoms with Crippen LogP contribution in [0.3, 0.4) is 0 Å². The fourth-order valence-electron chi connectivity index (χ4n) is 2.25. The van der Waals surface area contributed by atoms with Gasteiger partial charge in [-0.2, -0.15) is 0 Å².